The smallest absolute Gasteiger partial charge is 0.232 e. The number of halogens is 1. The van der Waals surface area contributed by atoms with E-state index in [2.05, 4.69) is 6.07 Å². The van der Waals surface area contributed by atoms with Crippen LogP contribution in [0.1, 0.15) is 39.7 Å². The molecule has 162 valence electrons. The molecule has 2 atom stereocenters. The molecular formula is C26H22ClNO4. The van der Waals surface area contributed by atoms with Crippen LogP contribution >= 0.6 is 11.6 Å². The number of nitrogens with zero attached hydrogens (tertiary/aromatic N) is 1. The zero-order chi connectivity index (χ0) is 23.1. The van der Waals surface area contributed by atoms with Gasteiger partial charge in [-0.25, -0.2) is 0 Å². The second-order valence-corrected chi connectivity index (χ2v) is 7.63. The number of ether oxygens (including phenoxy) is 2. The van der Waals surface area contributed by atoms with Crippen molar-refractivity contribution in [1.82, 2.24) is 0 Å². The molecule has 3 aromatic rings. The van der Waals surface area contributed by atoms with Gasteiger partial charge in [0.2, 0.25) is 11.6 Å². The summed E-state index contributed by atoms with van der Waals surface area (Å²) in [5.74, 6) is -1.66. The quantitative estimate of drug-likeness (QED) is 0.315. The van der Waals surface area contributed by atoms with Gasteiger partial charge in [-0.05, 0) is 35.4 Å². The molecule has 0 radical (unpaired) electrons. The van der Waals surface area contributed by atoms with E-state index in [1.165, 1.54) is 20.3 Å². The summed E-state index contributed by atoms with van der Waals surface area (Å²) in [6.45, 7) is 0. The summed E-state index contributed by atoms with van der Waals surface area (Å²) in [4.78, 5) is 26.1. The third kappa shape index (κ3) is 5.16. The molecule has 0 aliphatic carbocycles. The number of nitriles is 1. The molecule has 32 heavy (non-hydrogen) atoms. The molecule has 0 aliphatic heterocycles. The topological polar surface area (TPSA) is 76.4 Å². The number of hydrogen-bond acceptors (Lipinski definition) is 5. The molecule has 0 amide bonds. The van der Waals surface area contributed by atoms with E-state index in [0.29, 0.717) is 10.8 Å². The summed E-state index contributed by atoms with van der Waals surface area (Å²) in [5.41, 5.74) is 1.69. The zero-order valence-electron chi connectivity index (χ0n) is 17.7. The first-order valence-corrected chi connectivity index (χ1v) is 10.4. The summed E-state index contributed by atoms with van der Waals surface area (Å²) in [7, 11) is 2.93. The molecule has 0 spiro atoms. The number of ketones is 2. The van der Waals surface area contributed by atoms with Crippen molar-refractivity contribution in [1.29, 1.82) is 5.26 Å². The summed E-state index contributed by atoms with van der Waals surface area (Å²) >= 11 is 6.03. The number of benzene rings is 3. The molecule has 0 fully saturated rings. The number of Topliss-reactive ketones (excluding diaryl/α,β-unsaturated/α-hetero) is 2. The van der Waals surface area contributed by atoms with Crippen LogP contribution in [-0.2, 0) is 4.79 Å². The van der Waals surface area contributed by atoms with Crippen LogP contribution < -0.4 is 9.47 Å². The lowest BCUT2D eigenvalue weighted by Gasteiger charge is -2.22. The molecule has 3 aromatic carbocycles. The van der Waals surface area contributed by atoms with Crippen molar-refractivity contribution < 1.29 is 19.1 Å². The van der Waals surface area contributed by atoms with Gasteiger partial charge in [-0.1, -0.05) is 54.1 Å². The average molecular weight is 448 g/mol. The van der Waals surface area contributed by atoms with Gasteiger partial charge in [-0.15, -0.1) is 0 Å². The molecule has 0 heterocycles. The van der Waals surface area contributed by atoms with E-state index in [0.717, 1.165) is 11.1 Å². The Labute approximate surface area is 192 Å². The van der Waals surface area contributed by atoms with Crippen molar-refractivity contribution in [2.45, 2.75) is 18.3 Å². The lowest BCUT2D eigenvalue weighted by Crippen LogP contribution is -2.21. The number of methoxy groups -OCH3 is 2. The van der Waals surface area contributed by atoms with E-state index < -0.39 is 23.4 Å². The van der Waals surface area contributed by atoms with Gasteiger partial charge in [0, 0.05) is 23.4 Å². The van der Waals surface area contributed by atoms with Crippen molar-refractivity contribution >= 4 is 23.2 Å². The summed E-state index contributed by atoms with van der Waals surface area (Å²) < 4.78 is 10.4. The van der Waals surface area contributed by atoms with Crippen molar-refractivity contribution in [3.63, 3.8) is 0 Å². The third-order valence-corrected chi connectivity index (χ3v) is 5.56. The minimum atomic E-state index is -0.673. The van der Waals surface area contributed by atoms with Crippen LogP contribution in [0, 0.1) is 11.3 Å². The minimum absolute atomic E-state index is 0.136. The fraction of sp³-hybridized carbons (Fsp3) is 0.192. The minimum Gasteiger partial charge on any atom is -0.497 e. The summed E-state index contributed by atoms with van der Waals surface area (Å²) in [6, 6.07) is 23.2. The molecule has 0 bridgehead atoms. The maximum absolute atomic E-state index is 13.1. The number of carbonyl (C=O) groups is 2. The van der Waals surface area contributed by atoms with Gasteiger partial charge >= 0.3 is 0 Å². The summed E-state index contributed by atoms with van der Waals surface area (Å²) in [6.07, 6.45) is -0.136. The van der Waals surface area contributed by atoms with E-state index in [1.807, 2.05) is 30.3 Å². The second-order valence-electron chi connectivity index (χ2n) is 7.20. The summed E-state index contributed by atoms with van der Waals surface area (Å²) in [5, 5.41) is 10.5. The highest BCUT2D eigenvalue weighted by Gasteiger charge is 2.31. The molecule has 5 nitrogen and oxygen atoms in total. The fourth-order valence-corrected chi connectivity index (χ4v) is 3.75. The monoisotopic (exact) mass is 447 g/mol. The Morgan fingerprint density at radius 3 is 2.22 bits per heavy atom. The Morgan fingerprint density at radius 1 is 0.938 bits per heavy atom. The molecule has 3 rings (SSSR count). The molecule has 0 aliphatic rings. The highest BCUT2D eigenvalue weighted by molar-refractivity contribution is 6.44. The Balaban J connectivity index is 1.96. The van der Waals surface area contributed by atoms with Crippen LogP contribution in [0.25, 0.3) is 0 Å². The molecule has 6 heteroatoms. The Bertz CT molecular complexity index is 1140. The maximum Gasteiger partial charge on any atom is 0.232 e. The van der Waals surface area contributed by atoms with E-state index in [-0.39, 0.29) is 17.7 Å². The van der Waals surface area contributed by atoms with Crippen LogP contribution in [0.4, 0.5) is 0 Å². The van der Waals surface area contributed by atoms with Gasteiger partial charge in [0.05, 0.1) is 31.8 Å². The van der Waals surface area contributed by atoms with Gasteiger partial charge in [0.15, 0.2) is 0 Å². The first-order chi connectivity index (χ1) is 15.5. The second kappa shape index (κ2) is 10.6. The maximum atomic E-state index is 13.1. The average Bonchev–Trinajstić information content (AvgIpc) is 2.84. The van der Waals surface area contributed by atoms with Gasteiger partial charge in [-0.3, -0.25) is 9.59 Å². The molecule has 0 aromatic heterocycles. The molecule has 0 saturated heterocycles. The van der Waals surface area contributed by atoms with Crippen LogP contribution in [0.15, 0.2) is 72.8 Å². The number of rotatable bonds is 9. The van der Waals surface area contributed by atoms with Crippen LogP contribution in [0.2, 0.25) is 5.02 Å². The lowest BCUT2D eigenvalue weighted by atomic mass is 9.78. The van der Waals surface area contributed by atoms with Gasteiger partial charge < -0.3 is 9.47 Å². The van der Waals surface area contributed by atoms with Crippen LogP contribution in [0.5, 0.6) is 11.5 Å². The number of hydrogen-bond donors (Lipinski definition) is 0. The Hall–Kier alpha value is -3.62. The predicted molar refractivity (Wildman–Crippen MR) is 122 cm³/mol. The normalized spacial score (nSPS) is 12.3. The first kappa shape index (κ1) is 23.1. The Kier molecular flexibility index (Phi) is 7.64. The third-order valence-electron chi connectivity index (χ3n) is 5.31. The van der Waals surface area contributed by atoms with E-state index in [1.54, 1.807) is 36.4 Å². The van der Waals surface area contributed by atoms with E-state index in [9.17, 15) is 14.9 Å². The van der Waals surface area contributed by atoms with Crippen molar-refractivity contribution in [2.24, 2.45) is 0 Å². The van der Waals surface area contributed by atoms with E-state index >= 15 is 0 Å². The zero-order valence-corrected chi connectivity index (χ0v) is 18.5. The lowest BCUT2D eigenvalue weighted by molar-refractivity contribution is -0.115. The van der Waals surface area contributed by atoms with Crippen molar-refractivity contribution in [3.8, 4) is 17.6 Å². The largest absolute Gasteiger partial charge is 0.497 e. The van der Waals surface area contributed by atoms with Gasteiger partial charge in [-0.2, -0.15) is 5.26 Å². The predicted octanol–water partition coefficient (Wildman–Crippen LogP) is 5.59. The standard InChI is InChI=1S/C26H22ClNO4/c1-31-20-12-13-21(25(14-20)32-2)26(30)24(29)15-22(18-8-10-19(27)11-9-18)23(16-28)17-6-4-3-5-7-17/h3-14,22-23H,15H2,1-2H3. The molecule has 0 N–H and O–H groups in total. The van der Waals surface area contributed by atoms with E-state index in [4.69, 9.17) is 21.1 Å². The molecule has 0 saturated carbocycles. The first-order valence-electron chi connectivity index (χ1n) is 9.98. The highest BCUT2D eigenvalue weighted by Crippen LogP contribution is 2.37. The SMILES string of the molecule is COc1ccc(C(=O)C(=O)CC(c2ccc(Cl)cc2)C(C#N)c2ccccc2)c(OC)c1. The van der Waals surface area contributed by atoms with Crippen molar-refractivity contribution in [3.05, 3.63) is 94.5 Å². The Morgan fingerprint density at radius 2 is 1.62 bits per heavy atom. The van der Waals surface area contributed by atoms with Crippen LogP contribution in [-0.4, -0.2) is 25.8 Å². The van der Waals surface area contributed by atoms with Crippen molar-refractivity contribution in [2.75, 3.05) is 14.2 Å². The van der Waals surface area contributed by atoms with Crippen LogP contribution in [0.3, 0.4) is 0 Å². The highest BCUT2D eigenvalue weighted by atomic mass is 35.5. The van der Waals surface area contributed by atoms with Gasteiger partial charge in [0.25, 0.3) is 0 Å². The van der Waals surface area contributed by atoms with Gasteiger partial charge in [0.1, 0.15) is 11.5 Å². The number of carbonyl (C=O) groups excluding carboxylic acids is 2. The molecule has 2 unspecified atom stereocenters. The molecular weight excluding hydrogens is 426 g/mol. The fourth-order valence-electron chi connectivity index (χ4n) is 3.62.